The summed E-state index contributed by atoms with van der Waals surface area (Å²) in [6, 6.07) is 0. The molecule has 0 aromatic carbocycles. The van der Waals surface area contributed by atoms with Crippen LogP contribution in [0.2, 0.25) is 0 Å². The molecule has 0 aliphatic heterocycles. The zero-order chi connectivity index (χ0) is 9.07. The van der Waals surface area contributed by atoms with Crippen LogP contribution in [0.25, 0.3) is 0 Å². The maximum Gasteiger partial charge on any atom is 0.376 e. The highest BCUT2D eigenvalue weighted by Crippen LogP contribution is 2.20. The summed E-state index contributed by atoms with van der Waals surface area (Å²) in [5.41, 5.74) is 0. The number of aliphatic hydroxyl groups is 1. The van der Waals surface area contributed by atoms with Crippen molar-refractivity contribution in [2.45, 2.75) is 12.0 Å². The molecule has 0 bridgehead atoms. The zero-order valence-electron chi connectivity index (χ0n) is 5.33. The van der Waals surface area contributed by atoms with E-state index in [-0.39, 0.29) is 6.08 Å². The fourth-order valence-corrected chi connectivity index (χ4v) is 0.319. The van der Waals surface area contributed by atoms with Crippen molar-refractivity contribution in [3.8, 4) is 0 Å². The molecule has 2 N–H and O–H groups in total. The van der Waals surface area contributed by atoms with Gasteiger partial charge < -0.3 is 5.11 Å². The Morgan fingerprint density at radius 2 is 2.18 bits per heavy atom. The maximum atomic E-state index is 12.2. The van der Waals surface area contributed by atoms with Gasteiger partial charge in [0.2, 0.25) is 6.10 Å². The molecule has 0 heterocycles. The van der Waals surface area contributed by atoms with E-state index in [0.29, 0.717) is 0 Å². The lowest BCUT2D eigenvalue weighted by molar-refractivity contribution is -0.251. The molecule has 0 aliphatic carbocycles. The van der Waals surface area contributed by atoms with E-state index in [0.717, 1.165) is 0 Å². The van der Waals surface area contributed by atoms with E-state index in [4.69, 9.17) is 10.4 Å². The Morgan fingerprint density at radius 3 is 2.45 bits per heavy atom. The second-order valence-corrected chi connectivity index (χ2v) is 1.69. The lowest BCUT2D eigenvalue weighted by Gasteiger charge is -2.14. The summed E-state index contributed by atoms with van der Waals surface area (Å²) in [5.74, 6) is -5.62. The van der Waals surface area contributed by atoms with Gasteiger partial charge in [0.05, 0.1) is 0 Å². The van der Waals surface area contributed by atoms with Crippen molar-refractivity contribution in [2.24, 2.45) is 0 Å². The van der Waals surface area contributed by atoms with E-state index >= 15 is 0 Å². The monoisotopic (exact) mass is 168 g/mol. The van der Waals surface area contributed by atoms with Crippen LogP contribution in [0.1, 0.15) is 0 Å². The molecule has 6 heteroatoms. The minimum Gasteiger partial charge on any atom is -0.376 e. The van der Waals surface area contributed by atoms with Crippen LogP contribution in [0.5, 0.6) is 0 Å². The van der Waals surface area contributed by atoms with Crippen molar-refractivity contribution in [3.05, 3.63) is 12.7 Å². The maximum absolute atomic E-state index is 12.2. The van der Waals surface area contributed by atoms with E-state index in [1.807, 2.05) is 0 Å². The molecule has 0 saturated carbocycles. The average molecular weight is 168 g/mol. The summed E-state index contributed by atoms with van der Waals surface area (Å²) < 4.78 is 24.4. The third-order valence-electron chi connectivity index (χ3n) is 0.950. The number of alkyl halides is 2. The summed E-state index contributed by atoms with van der Waals surface area (Å²) in [7, 11) is 0. The second-order valence-electron chi connectivity index (χ2n) is 1.69. The van der Waals surface area contributed by atoms with Crippen molar-refractivity contribution < 1.29 is 28.8 Å². The number of carbonyl (C=O) groups is 1. The number of hydrogen-bond donors (Lipinski definition) is 2. The molecule has 11 heavy (non-hydrogen) atoms. The normalized spacial score (nSPS) is 13.8. The first-order chi connectivity index (χ1) is 4.95. The highest BCUT2D eigenvalue weighted by atomic mass is 19.3. The Bertz CT molecular complexity index is 168. The Morgan fingerprint density at radius 1 is 1.73 bits per heavy atom. The van der Waals surface area contributed by atoms with E-state index in [1.165, 1.54) is 0 Å². The van der Waals surface area contributed by atoms with Gasteiger partial charge in [-0.25, -0.2) is 4.79 Å². The topological polar surface area (TPSA) is 66.8 Å². The van der Waals surface area contributed by atoms with E-state index in [2.05, 4.69) is 11.5 Å². The van der Waals surface area contributed by atoms with Gasteiger partial charge in [0.15, 0.2) is 0 Å². The molecular weight excluding hydrogens is 162 g/mol. The minimum atomic E-state index is -3.79. The summed E-state index contributed by atoms with van der Waals surface area (Å²) in [6.07, 6.45) is -2.64. The van der Waals surface area contributed by atoms with Gasteiger partial charge in [-0.05, 0) is 6.08 Å². The quantitative estimate of drug-likeness (QED) is 0.358. The SMILES string of the molecule is C=CC(F)(F)C(O)C(=O)OO. The first kappa shape index (κ1) is 9.99. The van der Waals surface area contributed by atoms with Gasteiger partial charge in [0.1, 0.15) is 0 Å². The fourth-order valence-electron chi connectivity index (χ4n) is 0.319. The third-order valence-corrected chi connectivity index (χ3v) is 0.950. The van der Waals surface area contributed by atoms with Crippen LogP contribution in [0.3, 0.4) is 0 Å². The zero-order valence-corrected chi connectivity index (χ0v) is 5.33. The standard InChI is InChI=1S/C5H6F2O4/c1-2-5(6,7)3(8)4(9)11-10/h2-3,8,10H,1H2. The van der Waals surface area contributed by atoms with Crippen LogP contribution in [-0.2, 0) is 9.68 Å². The Kier molecular flexibility index (Phi) is 3.09. The lowest BCUT2D eigenvalue weighted by Crippen LogP contribution is -2.39. The highest BCUT2D eigenvalue weighted by molar-refractivity contribution is 5.75. The predicted octanol–water partition coefficient (Wildman–Crippen LogP) is 0.185. The Hall–Kier alpha value is -1.01. The lowest BCUT2D eigenvalue weighted by atomic mass is 10.2. The largest absolute Gasteiger partial charge is 0.376 e. The van der Waals surface area contributed by atoms with Crippen molar-refractivity contribution in [2.75, 3.05) is 0 Å². The summed E-state index contributed by atoms with van der Waals surface area (Å²) in [5, 5.41) is 16.0. The molecule has 0 aliphatic rings. The highest BCUT2D eigenvalue weighted by Gasteiger charge is 2.41. The molecule has 0 aromatic rings. The van der Waals surface area contributed by atoms with Crippen LogP contribution >= 0.6 is 0 Å². The van der Waals surface area contributed by atoms with Crippen molar-refractivity contribution in [3.63, 3.8) is 0 Å². The van der Waals surface area contributed by atoms with Crippen molar-refractivity contribution in [1.82, 2.24) is 0 Å². The van der Waals surface area contributed by atoms with E-state index < -0.39 is 18.0 Å². The molecule has 64 valence electrons. The minimum absolute atomic E-state index is 0.0780. The molecule has 0 spiro atoms. The second kappa shape index (κ2) is 3.40. The number of halogens is 2. The average Bonchev–Trinajstić information content (AvgIpc) is 2.01. The van der Waals surface area contributed by atoms with Crippen LogP contribution in [0, 0.1) is 0 Å². The summed E-state index contributed by atoms with van der Waals surface area (Å²) in [6.45, 7) is 2.67. The van der Waals surface area contributed by atoms with Gasteiger partial charge in [0.25, 0.3) is 0 Å². The number of rotatable bonds is 3. The summed E-state index contributed by atoms with van der Waals surface area (Å²) in [4.78, 5) is 13.0. The molecule has 0 rings (SSSR count). The van der Waals surface area contributed by atoms with Crippen molar-refractivity contribution in [1.29, 1.82) is 0 Å². The van der Waals surface area contributed by atoms with E-state index in [9.17, 15) is 13.6 Å². The van der Waals surface area contributed by atoms with Gasteiger partial charge in [-0.15, -0.1) is 0 Å². The van der Waals surface area contributed by atoms with Gasteiger partial charge in [-0.3, -0.25) is 4.89 Å². The molecular formula is C5H6F2O4. The number of carbonyl (C=O) groups excluding carboxylic acids is 1. The van der Waals surface area contributed by atoms with Gasteiger partial charge in [-0.2, -0.15) is 14.0 Å². The number of aliphatic hydroxyl groups excluding tert-OH is 1. The molecule has 4 nitrogen and oxygen atoms in total. The van der Waals surface area contributed by atoms with E-state index in [1.54, 1.807) is 0 Å². The molecule has 1 atom stereocenters. The summed E-state index contributed by atoms with van der Waals surface area (Å²) >= 11 is 0. The van der Waals surface area contributed by atoms with Crippen LogP contribution in [0.15, 0.2) is 12.7 Å². The van der Waals surface area contributed by atoms with Crippen LogP contribution < -0.4 is 0 Å². The fraction of sp³-hybridized carbons (Fsp3) is 0.400. The molecule has 0 amide bonds. The predicted molar refractivity (Wildman–Crippen MR) is 29.9 cm³/mol. The molecule has 0 aromatic heterocycles. The van der Waals surface area contributed by atoms with Crippen molar-refractivity contribution >= 4 is 5.97 Å². The molecule has 0 radical (unpaired) electrons. The first-order valence-electron chi connectivity index (χ1n) is 2.50. The number of hydrogen-bond acceptors (Lipinski definition) is 4. The van der Waals surface area contributed by atoms with Gasteiger partial charge in [-0.1, -0.05) is 6.58 Å². The Balaban J connectivity index is 4.34. The third kappa shape index (κ3) is 2.24. The van der Waals surface area contributed by atoms with Gasteiger partial charge >= 0.3 is 11.9 Å². The smallest absolute Gasteiger partial charge is 0.376 e. The van der Waals surface area contributed by atoms with Crippen LogP contribution in [0.4, 0.5) is 8.78 Å². The molecule has 1 unspecified atom stereocenters. The molecule has 0 saturated heterocycles. The molecule has 0 fully saturated rings. The van der Waals surface area contributed by atoms with Gasteiger partial charge in [0, 0.05) is 0 Å². The first-order valence-corrected chi connectivity index (χ1v) is 2.50. The van der Waals surface area contributed by atoms with Crippen LogP contribution in [-0.4, -0.2) is 28.4 Å². The Labute approximate surface area is 60.6 Å².